The number of sulfonamides is 1. The van der Waals surface area contributed by atoms with Gasteiger partial charge < -0.3 is 5.43 Å². The number of thioether (sulfide) groups is 1. The quantitative estimate of drug-likeness (QED) is 0.520. The molecular weight excluding hydrogens is 270 g/mol. The summed E-state index contributed by atoms with van der Waals surface area (Å²) in [5, 5.41) is 0. The second-order valence-electron chi connectivity index (χ2n) is 4.08. The lowest BCUT2D eigenvalue weighted by Crippen LogP contribution is -2.29. The second kappa shape index (κ2) is 6.98. The molecule has 0 saturated heterocycles. The van der Waals surface area contributed by atoms with E-state index >= 15 is 0 Å². The second-order valence-corrected chi connectivity index (χ2v) is 6.76. The maximum atomic E-state index is 12.0. The maximum absolute atomic E-state index is 12.0. The van der Waals surface area contributed by atoms with E-state index in [9.17, 15) is 8.42 Å². The number of hydrogen-bond donors (Lipinski definition) is 3. The lowest BCUT2D eigenvalue weighted by Gasteiger charge is -2.12. The van der Waals surface area contributed by atoms with Gasteiger partial charge in [-0.1, -0.05) is 6.92 Å². The van der Waals surface area contributed by atoms with Crippen LogP contribution in [-0.4, -0.2) is 27.0 Å². The monoisotopic (exact) mass is 289 g/mol. The first-order valence-electron chi connectivity index (χ1n) is 5.55. The molecule has 0 aliphatic rings. The van der Waals surface area contributed by atoms with Crippen LogP contribution in [-0.2, 0) is 10.0 Å². The van der Waals surface area contributed by atoms with Crippen molar-refractivity contribution in [1.29, 1.82) is 0 Å². The molecule has 0 heterocycles. The van der Waals surface area contributed by atoms with Crippen LogP contribution in [0.4, 0.5) is 5.69 Å². The van der Waals surface area contributed by atoms with Gasteiger partial charge in [-0.25, -0.2) is 13.1 Å². The third-order valence-corrected chi connectivity index (χ3v) is 4.75. The minimum Gasteiger partial charge on any atom is -0.324 e. The number of benzene rings is 1. The van der Waals surface area contributed by atoms with Crippen LogP contribution in [0.3, 0.4) is 0 Å². The largest absolute Gasteiger partial charge is 0.324 e. The van der Waals surface area contributed by atoms with E-state index in [1.165, 1.54) is 12.1 Å². The predicted molar refractivity (Wildman–Crippen MR) is 77.0 cm³/mol. The van der Waals surface area contributed by atoms with E-state index in [1.54, 1.807) is 23.9 Å². The number of nitrogens with one attached hydrogen (secondary N) is 2. The van der Waals surface area contributed by atoms with E-state index in [2.05, 4.69) is 10.1 Å². The summed E-state index contributed by atoms with van der Waals surface area (Å²) in [4.78, 5) is 0.248. The van der Waals surface area contributed by atoms with Crippen molar-refractivity contribution in [1.82, 2.24) is 4.72 Å². The first kappa shape index (κ1) is 15.3. The molecule has 4 N–H and O–H groups in total. The number of hydrogen-bond acceptors (Lipinski definition) is 5. The predicted octanol–water partition coefficient (Wildman–Crippen LogP) is 1.25. The molecule has 0 aromatic heterocycles. The van der Waals surface area contributed by atoms with Gasteiger partial charge in [0.1, 0.15) is 0 Å². The summed E-state index contributed by atoms with van der Waals surface area (Å²) < 4.78 is 26.5. The Morgan fingerprint density at radius 3 is 2.44 bits per heavy atom. The molecule has 0 spiro atoms. The highest BCUT2D eigenvalue weighted by Gasteiger charge is 2.14. The van der Waals surface area contributed by atoms with Crippen molar-refractivity contribution >= 4 is 27.5 Å². The zero-order valence-corrected chi connectivity index (χ0v) is 12.1. The Hall–Kier alpha value is -0.760. The van der Waals surface area contributed by atoms with Crippen LogP contribution in [0.1, 0.15) is 6.92 Å². The van der Waals surface area contributed by atoms with Gasteiger partial charge in [-0.3, -0.25) is 5.84 Å². The average Bonchev–Trinajstić information content (AvgIpc) is 2.37. The lowest BCUT2D eigenvalue weighted by atomic mass is 10.2. The van der Waals surface area contributed by atoms with Crippen LogP contribution in [0.25, 0.3) is 0 Å². The van der Waals surface area contributed by atoms with E-state index in [-0.39, 0.29) is 4.90 Å². The lowest BCUT2D eigenvalue weighted by molar-refractivity contribution is 0.562. The first-order chi connectivity index (χ1) is 8.49. The van der Waals surface area contributed by atoms with Crippen molar-refractivity contribution in [2.75, 3.05) is 24.0 Å². The van der Waals surface area contributed by atoms with Crippen molar-refractivity contribution in [2.24, 2.45) is 11.8 Å². The van der Waals surface area contributed by atoms with Crippen molar-refractivity contribution in [2.45, 2.75) is 11.8 Å². The molecule has 1 unspecified atom stereocenters. The van der Waals surface area contributed by atoms with Crippen LogP contribution in [0.5, 0.6) is 0 Å². The van der Waals surface area contributed by atoms with Crippen molar-refractivity contribution in [3.8, 4) is 0 Å². The van der Waals surface area contributed by atoms with Gasteiger partial charge in [0.25, 0.3) is 0 Å². The molecule has 1 rings (SSSR count). The molecule has 7 heteroatoms. The van der Waals surface area contributed by atoms with E-state index in [0.717, 1.165) is 5.75 Å². The SMILES string of the molecule is CSCC(C)CNS(=O)(=O)c1ccc(NN)cc1. The van der Waals surface area contributed by atoms with Crippen molar-refractivity contribution in [3.63, 3.8) is 0 Å². The molecule has 0 aliphatic carbocycles. The zero-order valence-electron chi connectivity index (χ0n) is 10.5. The normalized spacial score (nSPS) is 13.3. The molecule has 102 valence electrons. The number of rotatable bonds is 7. The van der Waals surface area contributed by atoms with Gasteiger partial charge >= 0.3 is 0 Å². The highest BCUT2D eigenvalue weighted by atomic mass is 32.2. The Bertz CT molecular complexity index is 460. The van der Waals surface area contributed by atoms with Gasteiger partial charge in [0.15, 0.2) is 0 Å². The van der Waals surface area contributed by atoms with Gasteiger partial charge in [0.05, 0.1) is 4.90 Å². The topological polar surface area (TPSA) is 84.2 Å². The third-order valence-electron chi connectivity index (χ3n) is 2.40. The molecular formula is C11H19N3O2S2. The Balaban J connectivity index is 2.67. The summed E-state index contributed by atoms with van der Waals surface area (Å²) in [6, 6.07) is 6.30. The summed E-state index contributed by atoms with van der Waals surface area (Å²) in [6.07, 6.45) is 2.00. The fourth-order valence-corrected chi connectivity index (χ4v) is 3.26. The molecule has 0 amide bonds. The van der Waals surface area contributed by atoms with Gasteiger partial charge in [-0.2, -0.15) is 11.8 Å². The molecule has 1 aromatic carbocycles. The van der Waals surface area contributed by atoms with E-state index in [1.807, 2.05) is 13.2 Å². The standard InChI is InChI=1S/C11H19N3O2S2/c1-9(8-17-2)7-13-18(15,16)11-5-3-10(14-12)4-6-11/h3-6,9,13-14H,7-8,12H2,1-2H3. The van der Waals surface area contributed by atoms with Crippen LogP contribution in [0, 0.1) is 5.92 Å². The van der Waals surface area contributed by atoms with Gasteiger partial charge in [0, 0.05) is 12.2 Å². The summed E-state index contributed by atoms with van der Waals surface area (Å²) in [7, 11) is -3.43. The maximum Gasteiger partial charge on any atom is 0.240 e. The minimum atomic E-state index is -3.43. The Kier molecular flexibility index (Phi) is 5.94. The zero-order chi connectivity index (χ0) is 13.6. The highest BCUT2D eigenvalue weighted by Crippen LogP contribution is 2.13. The molecule has 0 aliphatic heterocycles. The average molecular weight is 289 g/mol. The van der Waals surface area contributed by atoms with Gasteiger partial charge in [-0.15, -0.1) is 0 Å². The molecule has 1 aromatic rings. The first-order valence-corrected chi connectivity index (χ1v) is 8.42. The van der Waals surface area contributed by atoms with E-state index in [0.29, 0.717) is 18.2 Å². The van der Waals surface area contributed by atoms with Crippen LogP contribution in [0.15, 0.2) is 29.2 Å². The Morgan fingerprint density at radius 1 is 1.33 bits per heavy atom. The summed E-state index contributed by atoms with van der Waals surface area (Å²) >= 11 is 1.70. The minimum absolute atomic E-state index is 0.248. The molecule has 18 heavy (non-hydrogen) atoms. The summed E-state index contributed by atoms with van der Waals surface area (Å²) in [6.45, 7) is 2.46. The number of nitrogens with two attached hydrogens (primary N) is 1. The van der Waals surface area contributed by atoms with Crippen molar-refractivity contribution in [3.05, 3.63) is 24.3 Å². The molecule has 5 nitrogen and oxygen atoms in total. The molecule has 0 radical (unpaired) electrons. The Labute approximate surface area is 113 Å². The fourth-order valence-electron chi connectivity index (χ4n) is 1.41. The van der Waals surface area contributed by atoms with E-state index in [4.69, 9.17) is 5.84 Å². The highest BCUT2D eigenvalue weighted by molar-refractivity contribution is 7.98. The van der Waals surface area contributed by atoms with Crippen LogP contribution < -0.4 is 16.0 Å². The van der Waals surface area contributed by atoms with Gasteiger partial charge in [-0.05, 0) is 42.2 Å². The van der Waals surface area contributed by atoms with Crippen LogP contribution in [0.2, 0.25) is 0 Å². The number of hydrazine groups is 1. The smallest absolute Gasteiger partial charge is 0.240 e. The van der Waals surface area contributed by atoms with Gasteiger partial charge in [0.2, 0.25) is 10.0 Å². The van der Waals surface area contributed by atoms with E-state index < -0.39 is 10.0 Å². The number of nitrogen functional groups attached to an aromatic ring is 1. The summed E-state index contributed by atoms with van der Waals surface area (Å²) in [5.41, 5.74) is 3.13. The molecule has 0 fully saturated rings. The molecule has 0 saturated carbocycles. The third kappa shape index (κ3) is 4.49. The fraction of sp³-hybridized carbons (Fsp3) is 0.455. The van der Waals surface area contributed by atoms with Crippen molar-refractivity contribution < 1.29 is 8.42 Å². The molecule has 1 atom stereocenters. The van der Waals surface area contributed by atoms with Crippen LogP contribution >= 0.6 is 11.8 Å². The Morgan fingerprint density at radius 2 is 1.94 bits per heavy atom. The summed E-state index contributed by atoms with van der Waals surface area (Å²) in [5.74, 6) is 6.46. The molecule has 0 bridgehead atoms. The number of anilines is 1.